The number of carbonyl (C=O) groups excluding carboxylic acids is 1. The van der Waals surface area contributed by atoms with Gasteiger partial charge in [0.05, 0.1) is 12.3 Å². The molecular weight excluding hydrogens is 228 g/mol. The molecule has 0 saturated carbocycles. The summed E-state index contributed by atoms with van der Waals surface area (Å²) >= 11 is 0. The van der Waals surface area contributed by atoms with E-state index in [0.29, 0.717) is 6.61 Å². The van der Waals surface area contributed by atoms with Gasteiger partial charge in [0.1, 0.15) is 11.8 Å². The van der Waals surface area contributed by atoms with Gasteiger partial charge in [0.2, 0.25) is 5.91 Å². The highest BCUT2D eigenvalue weighted by molar-refractivity contribution is 5.84. The number of carbonyl (C=O) groups is 1. The Morgan fingerprint density at radius 1 is 1.28 bits per heavy atom. The molecule has 4 heteroatoms. The largest absolute Gasteiger partial charge is 0.492 e. The first-order chi connectivity index (χ1) is 8.54. The van der Waals surface area contributed by atoms with Crippen LogP contribution < -0.4 is 15.4 Å². The van der Waals surface area contributed by atoms with Gasteiger partial charge in [0.25, 0.3) is 0 Å². The van der Waals surface area contributed by atoms with Crippen molar-refractivity contribution in [2.75, 3.05) is 11.9 Å². The number of rotatable bonds is 6. The fourth-order valence-electron chi connectivity index (χ4n) is 1.58. The summed E-state index contributed by atoms with van der Waals surface area (Å²) < 4.78 is 5.50. The van der Waals surface area contributed by atoms with Gasteiger partial charge >= 0.3 is 0 Å². The molecule has 0 unspecified atom stereocenters. The fraction of sp³-hybridized carbons (Fsp3) is 0.500. The molecule has 0 aliphatic carbocycles. The van der Waals surface area contributed by atoms with Crippen molar-refractivity contribution >= 4 is 11.6 Å². The van der Waals surface area contributed by atoms with Crippen molar-refractivity contribution in [3.8, 4) is 5.75 Å². The number of nitrogens with one attached hydrogen (secondary N) is 2. The van der Waals surface area contributed by atoms with Gasteiger partial charge in [0.15, 0.2) is 0 Å². The third-order valence-corrected chi connectivity index (χ3v) is 2.38. The van der Waals surface area contributed by atoms with Crippen LogP contribution in [-0.4, -0.2) is 24.6 Å². The van der Waals surface area contributed by atoms with Crippen LogP contribution in [-0.2, 0) is 4.79 Å². The van der Waals surface area contributed by atoms with E-state index in [4.69, 9.17) is 4.74 Å². The van der Waals surface area contributed by atoms with Gasteiger partial charge in [-0.25, -0.2) is 0 Å². The van der Waals surface area contributed by atoms with Gasteiger partial charge < -0.3 is 15.4 Å². The third kappa shape index (κ3) is 4.28. The van der Waals surface area contributed by atoms with Crippen molar-refractivity contribution in [2.24, 2.45) is 0 Å². The van der Waals surface area contributed by atoms with E-state index in [9.17, 15) is 4.79 Å². The Bertz CT molecular complexity index is 391. The Hall–Kier alpha value is -1.71. The van der Waals surface area contributed by atoms with Gasteiger partial charge in [-0.3, -0.25) is 4.79 Å². The molecule has 0 bridgehead atoms. The quantitative estimate of drug-likeness (QED) is 0.815. The van der Waals surface area contributed by atoms with Crippen LogP contribution in [0.2, 0.25) is 0 Å². The topological polar surface area (TPSA) is 50.4 Å². The van der Waals surface area contributed by atoms with Crippen LogP contribution in [0.1, 0.15) is 27.7 Å². The number of hydrogen-bond acceptors (Lipinski definition) is 3. The maximum absolute atomic E-state index is 11.8. The minimum atomic E-state index is -0.297. The second-order valence-electron chi connectivity index (χ2n) is 4.46. The first-order valence-electron chi connectivity index (χ1n) is 6.33. The first kappa shape index (κ1) is 14.4. The van der Waals surface area contributed by atoms with Crippen molar-refractivity contribution in [3.05, 3.63) is 24.3 Å². The second kappa shape index (κ2) is 6.89. The van der Waals surface area contributed by atoms with E-state index in [1.165, 1.54) is 0 Å². The number of anilines is 1. The van der Waals surface area contributed by atoms with Crippen LogP contribution in [0.15, 0.2) is 24.3 Å². The maximum Gasteiger partial charge on any atom is 0.242 e. The summed E-state index contributed by atoms with van der Waals surface area (Å²) in [5.41, 5.74) is 0.839. The minimum absolute atomic E-state index is 0.0173. The second-order valence-corrected chi connectivity index (χ2v) is 4.46. The molecule has 1 amide bonds. The summed E-state index contributed by atoms with van der Waals surface area (Å²) in [6, 6.07) is 7.47. The predicted molar refractivity (Wildman–Crippen MR) is 74.0 cm³/mol. The lowest BCUT2D eigenvalue weighted by Crippen LogP contribution is -2.41. The molecule has 18 heavy (non-hydrogen) atoms. The molecular formula is C14H22N2O2. The Kier molecular flexibility index (Phi) is 5.49. The van der Waals surface area contributed by atoms with Gasteiger partial charge in [0, 0.05) is 6.04 Å². The smallest absolute Gasteiger partial charge is 0.242 e. The average molecular weight is 250 g/mol. The number of para-hydroxylation sites is 2. The Morgan fingerprint density at radius 2 is 1.94 bits per heavy atom. The lowest BCUT2D eigenvalue weighted by Gasteiger charge is -2.19. The molecule has 100 valence electrons. The lowest BCUT2D eigenvalue weighted by atomic mass is 10.2. The highest BCUT2D eigenvalue weighted by Crippen LogP contribution is 2.24. The Morgan fingerprint density at radius 3 is 2.56 bits per heavy atom. The predicted octanol–water partition coefficient (Wildman–Crippen LogP) is 2.41. The zero-order valence-corrected chi connectivity index (χ0v) is 11.5. The van der Waals surface area contributed by atoms with Crippen LogP contribution in [0, 0.1) is 0 Å². The van der Waals surface area contributed by atoms with Crippen molar-refractivity contribution in [1.29, 1.82) is 0 Å². The highest BCUT2D eigenvalue weighted by Gasteiger charge is 2.14. The van der Waals surface area contributed by atoms with Crippen molar-refractivity contribution < 1.29 is 9.53 Å². The van der Waals surface area contributed by atoms with Crippen molar-refractivity contribution in [3.63, 3.8) is 0 Å². The van der Waals surface area contributed by atoms with Crippen molar-refractivity contribution in [1.82, 2.24) is 5.32 Å². The summed E-state index contributed by atoms with van der Waals surface area (Å²) in [6.45, 7) is 8.26. The standard InChI is InChI=1S/C14H22N2O2/c1-5-18-13-9-7-6-8-12(13)16-11(4)14(17)15-10(2)3/h6-11,16H,5H2,1-4H3,(H,15,17)/t11-/m0/s1. The van der Waals surface area contributed by atoms with Crippen LogP contribution in [0.4, 0.5) is 5.69 Å². The number of ether oxygens (including phenoxy) is 1. The van der Waals surface area contributed by atoms with Gasteiger partial charge in [-0.15, -0.1) is 0 Å². The summed E-state index contributed by atoms with van der Waals surface area (Å²) in [4.78, 5) is 11.8. The van der Waals surface area contributed by atoms with E-state index >= 15 is 0 Å². The molecule has 1 aromatic rings. The van der Waals surface area contributed by atoms with E-state index < -0.39 is 0 Å². The van der Waals surface area contributed by atoms with Crippen molar-refractivity contribution in [2.45, 2.75) is 39.8 Å². The summed E-state index contributed by atoms with van der Waals surface area (Å²) in [5.74, 6) is 0.750. The lowest BCUT2D eigenvalue weighted by molar-refractivity contribution is -0.122. The Balaban J connectivity index is 2.69. The summed E-state index contributed by atoms with van der Waals surface area (Å²) in [5, 5.41) is 6.04. The van der Waals surface area contributed by atoms with E-state index in [1.54, 1.807) is 0 Å². The molecule has 0 aliphatic heterocycles. The molecule has 4 nitrogen and oxygen atoms in total. The molecule has 0 saturated heterocycles. The molecule has 0 radical (unpaired) electrons. The minimum Gasteiger partial charge on any atom is -0.492 e. The first-order valence-corrected chi connectivity index (χ1v) is 6.33. The molecule has 1 aromatic carbocycles. The average Bonchev–Trinajstić information content (AvgIpc) is 2.31. The van der Waals surface area contributed by atoms with Crippen LogP contribution in [0.5, 0.6) is 5.75 Å². The molecule has 0 heterocycles. The molecule has 0 aliphatic rings. The number of benzene rings is 1. The van der Waals surface area contributed by atoms with Crippen LogP contribution in [0.25, 0.3) is 0 Å². The van der Waals surface area contributed by atoms with Gasteiger partial charge in [-0.05, 0) is 39.8 Å². The van der Waals surface area contributed by atoms with Gasteiger partial charge in [-0.2, -0.15) is 0 Å². The zero-order valence-electron chi connectivity index (χ0n) is 11.5. The molecule has 1 rings (SSSR count). The maximum atomic E-state index is 11.8. The molecule has 0 fully saturated rings. The number of amides is 1. The van der Waals surface area contributed by atoms with Crippen LogP contribution in [0.3, 0.4) is 0 Å². The summed E-state index contributed by atoms with van der Waals surface area (Å²) in [6.07, 6.45) is 0. The van der Waals surface area contributed by atoms with Gasteiger partial charge in [-0.1, -0.05) is 12.1 Å². The van der Waals surface area contributed by atoms with E-state index in [-0.39, 0.29) is 18.0 Å². The number of hydrogen-bond donors (Lipinski definition) is 2. The SMILES string of the molecule is CCOc1ccccc1N[C@@H](C)C(=O)NC(C)C. The molecule has 0 spiro atoms. The monoisotopic (exact) mass is 250 g/mol. The van der Waals surface area contributed by atoms with E-state index in [1.807, 2.05) is 52.0 Å². The zero-order chi connectivity index (χ0) is 13.5. The molecule has 0 aromatic heterocycles. The van der Waals surface area contributed by atoms with E-state index in [2.05, 4.69) is 10.6 Å². The summed E-state index contributed by atoms with van der Waals surface area (Å²) in [7, 11) is 0. The Labute approximate surface area is 109 Å². The molecule has 1 atom stereocenters. The fourth-order valence-corrected chi connectivity index (χ4v) is 1.58. The molecule has 2 N–H and O–H groups in total. The normalized spacial score (nSPS) is 12.1. The highest BCUT2D eigenvalue weighted by atomic mass is 16.5. The van der Waals surface area contributed by atoms with E-state index in [0.717, 1.165) is 11.4 Å². The van der Waals surface area contributed by atoms with Crippen LogP contribution >= 0.6 is 0 Å². The third-order valence-electron chi connectivity index (χ3n) is 2.38.